The van der Waals surface area contributed by atoms with Crippen LogP contribution in [0, 0.1) is 5.41 Å². The molecule has 38 heavy (non-hydrogen) atoms. The first kappa shape index (κ1) is 30.9. The molecule has 1 fully saturated rings. The number of rotatable bonds is 12. The van der Waals surface area contributed by atoms with Gasteiger partial charge in [-0.15, -0.1) is 0 Å². The van der Waals surface area contributed by atoms with Gasteiger partial charge in [-0.25, -0.2) is 9.97 Å². The van der Waals surface area contributed by atoms with E-state index in [2.05, 4.69) is 46.3 Å². The van der Waals surface area contributed by atoms with Gasteiger partial charge in [0, 0.05) is 43.1 Å². The number of benzene rings is 1. The first-order valence-corrected chi connectivity index (χ1v) is 13.9. The van der Waals surface area contributed by atoms with Crippen LogP contribution in [0.25, 0.3) is 10.9 Å². The summed E-state index contributed by atoms with van der Waals surface area (Å²) < 4.78 is 11.9. The molecule has 2 heterocycles. The van der Waals surface area contributed by atoms with Crippen LogP contribution in [0.2, 0.25) is 0 Å². The molecular formula is C31H45N5O2. The van der Waals surface area contributed by atoms with Crippen molar-refractivity contribution in [2.75, 3.05) is 32.1 Å². The predicted octanol–water partition coefficient (Wildman–Crippen LogP) is 7.33. The Kier molecular flexibility index (Phi) is 14.0. The molecule has 7 nitrogen and oxygen atoms in total. The van der Waals surface area contributed by atoms with Crippen LogP contribution >= 0.6 is 0 Å². The maximum atomic E-state index is 8.66. The number of aromatic nitrogens is 2. The minimum Gasteiger partial charge on any atom is -0.488 e. The number of hydrogen-bond donors (Lipinski definition) is 2. The number of allylic oxidation sites excluding steroid dienone is 4. The van der Waals surface area contributed by atoms with Gasteiger partial charge in [-0.2, -0.15) is 0 Å². The second kappa shape index (κ2) is 17.2. The normalized spacial score (nSPS) is 15.1. The number of fused-ring (bicyclic) bond motifs is 1. The first-order valence-electron chi connectivity index (χ1n) is 13.9. The highest BCUT2D eigenvalue weighted by Gasteiger charge is 2.19. The van der Waals surface area contributed by atoms with E-state index in [0.29, 0.717) is 31.2 Å². The Balaban J connectivity index is 0.00000247. The van der Waals surface area contributed by atoms with E-state index in [1.54, 1.807) is 13.4 Å². The van der Waals surface area contributed by atoms with E-state index < -0.39 is 0 Å². The molecule has 1 saturated heterocycles. The van der Waals surface area contributed by atoms with Crippen molar-refractivity contribution >= 4 is 28.1 Å². The van der Waals surface area contributed by atoms with E-state index in [-0.39, 0.29) is 6.10 Å². The molecule has 0 aliphatic carbocycles. The van der Waals surface area contributed by atoms with Gasteiger partial charge in [0.1, 0.15) is 29.5 Å². The summed E-state index contributed by atoms with van der Waals surface area (Å²) in [5.74, 6) is 1.41. The number of anilines is 1. The van der Waals surface area contributed by atoms with E-state index in [1.165, 1.54) is 0 Å². The van der Waals surface area contributed by atoms with Crippen molar-refractivity contribution in [1.82, 2.24) is 9.97 Å². The third-order valence-corrected chi connectivity index (χ3v) is 6.03. The fraction of sp³-hybridized carbons (Fsp3) is 0.484. The molecular weight excluding hydrogens is 474 g/mol. The molecule has 0 atom stereocenters. The predicted molar refractivity (Wildman–Crippen MR) is 161 cm³/mol. The zero-order chi connectivity index (χ0) is 27.8. The Morgan fingerprint density at radius 3 is 2.61 bits per heavy atom. The molecule has 1 aromatic carbocycles. The van der Waals surface area contributed by atoms with Crippen LogP contribution in [0.5, 0.6) is 5.75 Å². The number of hydrogen-bond acceptors (Lipinski definition) is 7. The van der Waals surface area contributed by atoms with Gasteiger partial charge in [0.25, 0.3) is 0 Å². The van der Waals surface area contributed by atoms with Gasteiger partial charge in [0.15, 0.2) is 0 Å². The fourth-order valence-electron chi connectivity index (χ4n) is 3.91. The molecule has 1 aromatic heterocycles. The molecule has 3 rings (SSSR count). The van der Waals surface area contributed by atoms with Gasteiger partial charge in [-0.05, 0) is 49.6 Å². The molecule has 7 heteroatoms. The molecule has 1 aliphatic heterocycles. The average Bonchev–Trinajstić information content (AvgIpc) is 2.96. The third-order valence-electron chi connectivity index (χ3n) is 6.03. The zero-order valence-corrected chi connectivity index (χ0v) is 24.0. The Morgan fingerprint density at radius 2 is 1.92 bits per heavy atom. The van der Waals surface area contributed by atoms with Crippen LogP contribution in [-0.2, 0) is 4.74 Å². The van der Waals surface area contributed by atoms with Gasteiger partial charge in [0.2, 0.25) is 0 Å². The van der Waals surface area contributed by atoms with Crippen molar-refractivity contribution in [1.29, 1.82) is 5.41 Å². The third kappa shape index (κ3) is 9.53. The standard InChI is InChI=1S/C29H39N5O2.C2H6/c1-5-7-8-10-26(30)23-17-25-28(27(18-23)36-24-13-15-35-16-14-24)33-20-34-29(25)32-19-22(9-6-2)12-11-21(3)31-4;1-2/h8-12,17-18,20,24,30H,5-7,13-16,19H2,1-4H3,(H,32,33,34);1-2H3/b10-8-,12-11-,22-9-,30-26?,31-21?;. The summed E-state index contributed by atoms with van der Waals surface area (Å²) in [4.78, 5) is 13.3. The Hall–Kier alpha value is -3.32. The lowest BCUT2D eigenvalue weighted by molar-refractivity contribution is 0.0261. The van der Waals surface area contributed by atoms with Crippen LogP contribution in [0.1, 0.15) is 72.3 Å². The largest absolute Gasteiger partial charge is 0.488 e. The summed E-state index contributed by atoms with van der Waals surface area (Å²) in [6.07, 6.45) is 16.4. The molecule has 0 radical (unpaired) electrons. The number of ether oxygens (including phenoxy) is 2. The van der Waals surface area contributed by atoms with Gasteiger partial charge in [-0.1, -0.05) is 52.3 Å². The maximum Gasteiger partial charge on any atom is 0.146 e. The van der Waals surface area contributed by atoms with Gasteiger partial charge in [0.05, 0.1) is 18.9 Å². The number of nitrogens with one attached hydrogen (secondary N) is 2. The first-order chi connectivity index (χ1) is 18.5. The molecule has 2 N–H and O–H groups in total. The maximum absolute atomic E-state index is 8.66. The van der Waals surface area contributed by atoms with Crippen molar-refractivity contribution < 1.29 is 9.47 Å². The summed E-state index contributed by atoms with van der Waals surface area (Å²) in [5, 5.41) is 13.0. The molecule has 206 valence electrons. The zero-order valence-electron chi connectivity index (χ0n) is 24.0. The smallest absolute Gasteiger partial charge is 0.146 e. The lowest BCUT2D eigenvalue weighted by Gasteiger charge is -2.24. The van der Waals surface area contributed by atoms with Crippen molar-refractivity contribution in [2.24, 2.45) is 4.99 Å². The van der Waals surface area contributed by atoms with Crippen molar-refractivity contribution in [2.45, 2.75) is 72.8 Å². The number of unbranched alkanes of at least 4 members (excludes halogenated alkanes) is 1. The topological polar surface area (TPSA) is 92.5 Å². The molecule has 0 amide bonds. The second-order valence-corrected chi connectivity index (χ2v) is 8.87. The number of nitrogens with zero attached hydrogens (tertiary/aromatic N) is 3. The Morgan fingerprint density at radius 1 is 1.16 bits per heavy atom. The monoisotopic (exact) mass is 519 g/mol. The summed E-state index contributed by atoms with van der Waals surface area (Å²) in [6, 6.07) is 3.92. The SMILES string of the molecule is CC.CC/C=C(/C=C\C(C)=NC)CNc1ncnc2c(OC3CCOCC3)cc(C(=N)/C=C\CCC)cc12. The second-order valence-electron chi connectivity index (χ2n) is 8.87. The highest BCUT2D eigenvalue weighted by molar-refractivity contribution is 6.10. The highest BCUT2D eigenvalue weighted by Crippen LogP contribution is 2.32. The van der Waals surface area contributed by atoms with Crippen LogP contribution in [-0.4, -0.2) is 54.3 Å². The highest BCUT2D eigenvalue weighted by atomic mass is 16.5. The Labute approximate surface area is 228 Å². The van der Waals surface area contributed by atoms with Crippen molar-refractivity contribution in [3.8, 4) is 5.75 Å². The lowest BCUT2D eigenvalue weighted by Crippen LogP contribution is -2.26. The molecule has 2 aromatic rings. The summed E-state index contributed by atoms with van der Waals surface area (Å²) in [6.45, 7) is 12.2. The molecule has 0 saturated carbocycles. The van der Waals surface area contributed by atoms with Crippen molar-refractivity contribution in [3.63, 3.8) is 0 Å². The molecule has 1 aliphatic rings. The molecule has 0 bridgehead atoms. The summed E-state index contributed by atoms with van der Waals surface area (Å²) in [7, 11) is 1.79. The minimum atomic E-state index is 0.0705. The van der Waals surface area contributed by atoms with Crippen molar-refractivity contribution in [3.05, 3.63) is 60.0 Å². The summed E-state index contributed by atoms with van der Waals surface area (Å²) >= 11 is 0. The van der Waals surface area contributed by atoms with Gasteiger partial charge >= 0.3 is 0 Å². The van der Waals surface area contributed by atoms with E-state index >= 15 is 0 Å². The quantitative estimate of drug-likeness (QED) is 0.226. The fourth-order valence-corrected chi connectivity index (χ4v) is 3.91. The van der Waals surface area contributed by atoms with E-state index in [4.69, 9.17) is 14.9 Å². The number of aliphatic imine (C=N–C) groups is 1. The van der Waals surface area contributed by atoms with E-state index in [0.717, 1.165) is 65.7 Å². The molecule has 0 unspecified atom stereocenters. The van der Waals surface area contributed by atoms with Crippen LogP contribution in [0.4, 0.5) is 5.82 Å². The summed E-state index contributed by atoms with van der Waals surface area (Å²) in [5.41, 5.74) is 4.10. The van der Waals surface area contributed by atoms with Crippen LogP contribution < -0.4 is 10.1 Å². The van der Waals surface area contributed by atoms with Crippen LogP contribution in [0.15, 0.2) is 59.4 Å². The average molecular weight is 520 g/mol. The molecule has 0 spiro atoms. The Bertz CT molecular complexity index is 1140. The lowest BCUT2D eigenvalue weighted by atomic mass is 10.0. The van der Waals surface area contributed by atoms with Crippen LogP contribution in [0.3, 0.4) is 0 Å². The van der Waals surface area contributed by atoms with Gasteiger partial charge in [-0.3, -0.25) is 4.99 Å². The van der Waals surface area contributed by atoms with Gasteiger partial charge < -0.3 is 20.2 Å². The van der Waals surface area contributed by atoms with E-state index in [1.807, 2.05) is 51.1 Å². The van der Waals surface area contributed by atoms with E-state index in [9.17, 15) is 0 Å². The minimum absolute atomic E-state index is 0.0705.